The van der Waals surface area contributed by atoms with E-state index in [4.69, 9.17) is 4.74 Å². The van der Waals surface area contributed by atoms with Gasteiger partial charge in [-0.2, -0.15) is 0 Å². The highest BCUT2D eigenvalue weighted by Gasteiger charge is 2.23. The first-order valence-electron chi connectivity index (χ1n) is 6.84. The highest BCUT2D eigenvalue weighted by atomic mass is 16.5. The van der Waals surface area contributed by atoms with Crippen LogP contribution in [-0.2, 0) is 9.53 Å². The lowest BCUT2D eigenvalue weighted by molar-refractivity contribution is -0.147. The number of hydrogen-bond donors (Lipinski definition) is 0. The van der Waals surface area contributed by atoms with Crippen LogP contribution in [0.3, 0.4) is 0 Å². The molecule has 3 rings (SSSR count). The summed E-state index contributed by atoms with van der Waals surface area (Å²) in [6, 6.07) is 19.5. The molecule has 102 valence electrons. The molecular weight excluding hydrogens is 260 g/mol. The van der Waals surface area contributed by atoms with E-state index in [0.717, 1.165) is 16.7 Å². The quantitative estimate of drug-likeness (QED) is 0.586. The van der Waals surface area contributed by atoms with Crippen LogP contribution in [0.1, 0.15) is 23.7 Å². The third-order valence-electron chi connectivity index (χ3n) is 3.25. The maximum atomic E-state index is 11.6. The fourth-order valence-corrected chi connectivity index (χ4v) is 2.20. The number of benzene rings is 2. The zero-order chi connectivity index (χ0) is 14.5. The third kappa shape index (κ3) is 3.21. The first kappa shape index (κ1) is 13.2. The van der Waals surface area contributed by atoms with E-state index in [0.29, 0.717) is 0 Å². The average Bonchev–Trinajstić information content (AvgIpc) is 2.55. The zero-order valence-corrected chi connectivity index (χ0v) is 11.5. The summed E-state index contributed by atoms with van der Waals surface area (Å²) in [5, 5.41) is 0. The first-order chi connectivity index (χ1) is 10.3. The van der Waals surface area contributed by atoms with Gasteiger partial charge in [-0.25, -0.2) is 0 Å². The maximum absolute atomic E-state index is 11.6. The van der Waals surface area contributed by atoms with E-state index in [1.165, 1.54) is 0 Å². The van der Waals surface area contributed by atoms with E-state index >= 15 is 0 Å². The second-order valence-electron chi connectivity index (χ2n) is 4.76. The zero-order valence-electron chi connectivity index (χ0n) is 11.5. The molecule has 1 aliphatic rings. The molecule has 0 bridgehead atoms. The molecule has 0 aromatic heterocycles. The van der Waals surface area contributed by atoms with Gasteiger partial charge in [0.05, 0.1) is 6.42 Å². The molecule has 0 fully saturated rings. The molecule has 1 atom stereocenters. The number of cyclic esters (lactones) is 1. The summed E-state index contributed by atoms with van der Waals surface area (Å²) in [6.45, 7) is 0. The van der Waals surface area contributed by atoms with Crippen molar-refractivity contribution >= 4 is 5.97 Å². The molecule has 0 spiro atoms. The molecule has 0 radical (unpaired) electrons. The fraction of sp³-hybridized carbons (Fsp3) is 0.105. The summed E-state index contributed by atoms with van der Waals surface area (Å²) in [7, 11) is 0. The molecule has 1 unspecified atom stereocenters. The number of carbonyl (C=O) groups excluding carboxylic acids is 1. The molecule has 0 amide bonds. The highest BCUT2D eigenvalue weighted by molar-refractivity contribution is 5.74. The number of hydrogen-bond acceptors (Lipinski definition) is 2. The second-order valence-corrected chi connectivity index (χ2v) is 4.76. The molecule has 2 aromatic rings. The van der Waals surface area contributed by atoms with Gasteiger partial charge in [0, 0.05) is 11.1 Å². The minimum atomic E-state index is -0.399. The molecule has 0 saturated heterocycles. The summed E-state index contributed by atoms with van der Waals surface area (Å²) in [6.07, 6.45) is 1.74. The molecule has 2 nitrogen and oxygen atoms in total. The van der Waals surface area contributed by atoms with Crippen LogP contribution >= 0.6 is 0 Å². The Balaban J connectivity index is 1.92. The Morgan fingerprint density at radius 2 is 1.57 bits per heavy atom. The van der Waals surface area contributed by atoms with Crippen LogP contribution in [0.4, 0.5) is 0 Å². The van der Waals surface area contributed by atoms with Crippen molar-refractivity contribution in [3.8, 4) is 11.8 Å². The number of rotatable bonds is 1. The average molecular weight is 274 g/mol. The molecular formula is C19H14O2. The van der Waals surface area contributed by atoms with Crippen molar-refractivity contribution < 1.29 is 9.53 Å². The van der Waals surface area contributed by atoms with Crippen molar-refractivity contribution in [1.82, 2.24) is 0 Å². The Hall–Kier alpha value is -2.79. The molecule has 2 aromatic carbocycles. The van der Waals surface area contributed by atoms with Gasteiger partial charge in [-0.05, 0) is 17.7 Å². The van der Waals surface area contributed by atoms with Crippen molar-refractivity contribution in [3.05, 3.63) is 83.4 Å². The van der Waals surface area contributed by atoms with Crippen LogP contribution in [0.15, 0.2) is 72.3 Å². The van der Waals surface area contributed by atoms with E-state index < -0.39 is 6.10 Å². The number of carbonyl (C=O) groups is 1. The molecule has 1 heterocycles. The van der Waals surface area contributed by atoms with E-state index in [1.807, 2.05) is 66.7 Å². The SMILES string of the molecule is O=C1CC=C(C#Cc2ccccc2)C(c2ccccc2)O1. The van der Waals surface area contributed by atoms with E-state index in [-0.39, 0.29) is 12.4 Å². The van der Waals surface area contributed by atoms with Gasteiger partial charge in [0.15, 0.2) is 6.10 Å². The first-order valence-corrected chi connectivity index (χ1v) is 6.84. The van der Waals surface area contributed by atoms with Crippen molar-refractivity contribution in [2.75, 3.05) is 0 Å². The Bertz CT molecular complexity index is 718. The Morgan fingerprint density at radius 3 is 2.29 bits per heavy atom. The summed E-state index contributed by atoms with van der Waals surface area (Å²) < 4.78 is 5.46. The van der Waals surface area contributed by atoms with Crippen LogP contribution in [0.25, 0.3) is 0 Å². The third-order valence-corrected chi connectivity index (χ3v) is 3.25. The van der Waals surface area contributed by atoms with Gasteiger partial charge in [-0.1, -0.05) is 66.4 Å². The largest absolute Gasteiger partial charge is 0.452 e. The Morgan fingerprint density at radius 1 is 0.905 bits per heavy atom. The van der Waals surface area contributed by atoms with Gasteiger partial charge in [0.1, 0.15) is 0 Å². The lowest BCUT2D eigenvalue weighted by Crippen LogP contribution is -2.17. The summed E-state index contributed by atoms with van der Waals surface area (Å²) >= 11 is 0. The molecule has 2 heteroatoms. The van der Waals surface area contributed by atoms with Crippen LogP contribution in [0, 0.1) is 11.8 Å². The second kappa shape index (κ2) is 6.11. The lowest BCUT2D eigenvalue weighted by atomic mass is 9.98. The Kier molecular flexibility index (Phi) is 3.84. The van der Waals surface area contributed by atoms with Crippen molar-refractivity contribution in [1.29, 1.82) is 0 Å². The summed E-state index contributed by atoms with van der Waals surface area (Å²) in [5.41, 5.74) is 2.73. The predicted octanol–water partition coefficient (Wildman–Crippen LogP) is 3.65. The van der Waals surface area contributed by atoms with Crippen LogP contribution in [0.5, 0.6) is 0 Å². The van der Waals surface area contributed by atoms with Crippen molar-refractivity contribution in [2.45, 2.75) is 12.5 Å². The van der Waals surface area contributed by atoms with E-state index in [2.05, 4.69) is 11.8 Å². The normalized spacial score (nSPS) is 17.2. The molecule has 0 aliphatic carbocycles. The number of esters is 1. The van der Waals surface area contributed by atoms with Crippen LogP contribution in [-0.4, -0.2) is 5.97 Å². The van der Waals surface area contributed by atoms with E-state index in [9.17, 15) is 4.79 Å². The molecule has 21 heavy (non-hydrogen) atoms. The smallest absolute Gasteiger partial charge is 0.310 e. The minimum Gasteiger partial charge on any atom is -0.452 e. The van der Waals surface area contributed by atoms with Gasteiger partial charge in [-0.15, -0.1) is 0 Å². The fourth-order valence-electron chi connectivity index (χ4n) is 2.20. The van der Waals surface area contributed by atoms with Gasteiger partial charge < -0.3 is 4.74 Å². The van der Waals surface area contributed by atoms with Crippen LogP contribution < -0.4 is 0 Å². The summed E-state index contributed by atoms with van der Waals surface area (Å²) in [4.78, 5) is 11.6. The highest BCUT2D eigenvalue weighted by Crippen LogP contribution is 2.29. The molecule has 0 saturated carbocycles. The van der Waals surface area contributed by atoms with Gasteiger partial charge in [0.25, 0.3) is 0 Å². The summed E-state index contributed by atoms with van der Waals surface area (Å²) in [5.74, 6) is 6.05. The standard InChI is InChI=1S/C19H14O2/c20-18-14-13-17(12-11-15-7-3-1-4-8-15)19(21-18)16-9-5-2-6-10-16/h1-10,13,19H,14H2. The molecule has 1 aliphatic heterocycles. The Labute approximate surface area is 124 Å². The minimum absolute atomic E-state index is 0.214. The maximum Gasteiger partial charge on any atom is 0.310 e. The molecule has 0 N–H and O–H groups in total. The van der Waals surface area contributed by atoms with Crippen molar-refractivity contribution in [3.63, 3.8) is 0 Å². The monoisotopic (exact) mass is 274 g/mol. The van der Waals surface area contributed by atoms with Gasteiger partial charge >= 0.3 is 5.97 Å². The van der Waals surface area contributed by atoms with Crippen LogP contribution in [0.2, 0.25) is 0 Å². The van der Waals surface area contributed by atoms with Gasteiger partial charge in [0.2, 0.25) is 0 Å². The topological polar surface area (TPSA) is 26.3 Å². The van der Waals surface area contributed by atoms with Gasteiger partial charge in [-0.3, -0.25) is 4.79 Å². The number of ether oxygens (including phenoxy) is 1. The van der Waals surface area contributed by atoms with Crippen molar-refractivity contribution in [2.24, 2.45) is 0 Å². The van der Waals surface area contributed by atoms with E-state index in [1.54, 1.807) is 0 Å². The predicted molar refractivity (Wildman–Crippen MR) is 81.3 cm³/mol. The lowest BCUT2D eigenvalue weighted by Gasteiger charge is -2.21.